The number of nitrogens with one attached hydrogen (secondary N) is 1. The number of nitrogens with zero attached hydrogens (tertiary/aromatic N) is 3. The molecular weight excluding hydrogens is 360 g/mol. The van der Waals surface area contributed by atoms with Crippen molar-refractivity contribution in [2.75, 3.05) is 12.4 Å². The Balaban J connectivity index is 1.50. The van der Waals surface area contributed by atoms with Crippen LogP contribution in [0.25, 0.3) is 16.8 Å². The molecule has 29 heavy (non-hydrogen) atoms. The van der Waals surface area contributed by atoms with Gasteiger partial charge >= 0.3 is 0 Å². The molecule has 1 unspecified atom stereocenters. The predicted molar refractivity (Wildman–Crippen MR) is 115 cm³/mol. The fraction of sp³-hybridized carbons (Fsp3) is 0.0833. The Morgan fingerprint density at radius 2 is 1.52 bits per heavy atom. The third-order valence-electron chi connectivity index (χ3n) is 5.17. The van der Waals surface area contributed by atoms with Crippen molar-refractivity contribution in [3.63, 3.8) is 0 Å². The van der Waals surface area contributed by atoms with E-state index >= 15 is 0 Å². The molecule has 0 fully saturated rings. The zero-order chi connectivity index (χ0) is 19.6. The van der Waals surface area contributed by atoms with Gasteiger partial charge in [0, 0.05) is 5.70 Å². The van der Waals surface area contributed by atoms with E-state index in [9.17, 15) is 0 Å². The second kappa shape index (κ2) is 7.28. The molecule has 0 radical (unpaired) electrons. The first-order valence-electron chi connectivity index (χ1n) is 9.50. The number of rotatable bonds is 4. The van der Waals surface area contributed by atoms with E-state index in [4.69, 9.17) is 4.74 Å². The molecule has 0 aliphatic carbocycles. The molecule has 0 amide bonds. The zero-order valence-electron chi connectivity index (χ0n) is 16.0. The van der Waals surface area contributed by atoms with Crippen LogP contribution in [-0.2, 0) is 0 Å². The van der Waals surface area contributed by atoms with Crippen LogP contribution in [0.15, 0.2) is 91.3 Å². The van der Waals surface area contributed by atoms with Gasteiger partial charge in [0.25, 0.3) is 0 Å². The van der Waals surface area contributed by atoms with E-state index in [0.717, 1.165) is 28.5 Å². The summed E-state index contributed by atoms with van der Waals surface area (Å²) < 4.78 is 7.18. The van der Waals surface area contributed by atoms with Crippen LogP contribution in [0.3, 0.4) is 0 Å². The number of aromatic nitrogens is 3. The number of allylic oxidation sites excluding steroid dienone is 1. The molecule has 142 valence electrons. The maximum absolute atomic E-state index is 5.29. The highest BCUT2D eigenvalue weighted by Crippen LogP contribution is 2.33. The number of anilines is 1. The summed E-state index contributed by atoms with van der Waals surface area (Å²) in [6.07, 6.45) is 3.76. The Bertz CT molecular complexity index is 1150. The summed E-state index contributed by atoms with van der Waals surface area (Å²) in [5, 5.41) is 7.81. The van der Waals surface area contributed by atoms with Gasteiger partial charge in [-0.3, -0.25) is 0 Å². The van der Waals surface area contributed by atoms with Crippen LogP contribution in [0.2, 0.25) is 0 Å². The quantitative estimate of drug-likeness (QED) is 0.541. The average molecular weight is 380 g/mol. The number of methoxy groups -OCH3 is 1. The van der Waals surface area contributed by atoms with Crippen LogP contribution in [0.4, 0.5) is 5.95 Å². The minimum Gasteiger partial charge on any atom is -0.497 e. The lowest BCUT2D eigenvalue weighted by Crippen LogP contribution is -2.20. The third-order valence-corrected chi connectivity index (χ3v) is 5.17. The number of hydrogen-bond donors (Lipinski definition) is 1. The lowest BCUT2D eigenvalue weighted by molar-refractivity contribution is 0.414. The minimum absolute atomic E-state index is 0.0385. The standard InChI is InChI=1S/C24H20N4O/c1-29-21-13-11-20(12-14-21)23-15-22(27-24-25-16-26-28(23)24)19-9-7-18(8-10-19)17-5-3-2-4-6-17/h2-16,23H,1H3,(H,25,26,27). The van der Waals surface area contributed by atoms with Crippen molar-refractivity contribution in [2.24, 2.45) is 0 Å². The SMILES string of the molecule is COc1ccc(C2C=C(c3ccc(-c4ccccc4)cc3)Nc3ncnn32)cc1. The molecule has 5 heteroatoms. The van der Waals surface area contributed by atoms with E-state index in [0.29, 0.717) is 0 Å². The van der Waals surface area contributed by atoms with Crippen LogP contribution in [0.5, 0.6) is 5.75 Å². The van der Waals surface area contributed by atoms with Crippen LogP contribution >= 0.6 is 0 Å². The Hall–Kier alpha value is -3.86. The number of benzene rings is 3. The van der Waals surface area contributed by atoms with Gasteiger partial charge in [-0.1, -0.05) is 66.7 Å². The molecule has 1 atom stereocenters. The summed E-state index contributed by atoms with van der Waals surface area (Å²) in [6, 6.07) is 27.0. The van der Waals surface area contributed by atoms with Gasteiger partial charge in [0.15, 0.2) is 0 Å². The van der Waals surface area contributed by atoms with E-state index in [-0.39, 0.29) is 6.04 Å². The number of fused-ring (bicyclic) bond motifs is 1. The van der Waals surface area contributed by atoms with Gasteiger partial charge in [0.2, 0.25) is 5.95 Å². The molecule has 0 saturated heterocycles. The highest BCUT2D eigenvalue weighted by atomic mass is 16.5. The molecular formula is C24H20N4O. The van der Waals surface area contributed by atoms with Crippen LogP contribution in [0.1, 0.15) is 17.2 Å². The predicted octanol–water partition coefficient (Wildman–Crippen LogP) is 5.01. The van der Waals surface area contributed by atoms with Crippen molar-refractivity contribution in [1.82, 2.24) is 14.8 Å². The molecule has 3 aromatic carbocycles. The van der Waals surface area contributed by atoms with Crippen molar-refractivity contribution < 1.29 is 4.74 Å². The minimum atomic E-state index is -0.0385. The summed E-state index contributed by atoms with van der Waals surface area (Å²) in [5.41, 5.74) is 5.65. The molecule has 1 aliphatic rings. The van der Waals surface area contributed by atoms with Crippen LogP contribution in [0, 0.1) is 0 Å². The summed E-state index contributed by atoms with van der Waals surface area (Å²) in [4.78, 5) is 4.38. The second-order valence-corrected chi connectivity index (χ2v) is 6.89. The Labute approximate surface area is 169 Å². The summed E-state index contributed by atoms with van der Waals surface area (Å²) >= 11 is 0. The fourth-order valence-corrected chi connectivity index (χ4v) is 3.61. The van der Waals surface area contributed by atoms with E-state index in [1.165, 1.54) is 11.1 Å². The van der Waals surface area contributed by atoms with Gasteiger partial charge in [0.05, 0.1) is 7.11 Å². The fourth-order valence-electron chi connectivity index (χ4n) is 3.61. The maximum atomic E-state index is 5.29. The van der Waals surface area contributed by atoms with Crippen molar-refractivity contribution in [3.8, 4) is 16.9 Å². The zero-order valence-corrected chi connectivity index (χ0v) is 16.0. The smallest absolute Gasteiger partial charge is 0.226 e. The van der Waals surface area contributed by atoms with Gasteiger partial charge in [-0.05, 0) is 40.5 Å². The topological polar surface area (TPSA) is 52.0 Å². The Morgan fingerprint density at radius 1 is 0.828 bits per heavy atom. The van der Waals surface area contributed by atoms with Gasteiger partial charge < -0.3 is 10.1 Å². The van der Waals surface area contributed by atoms with Gasteiger partial charge in [-0.25, -0.2) is 4.68 Å². The molecule has 1 aromatic heterocycles. The first-order valence-corrected chi connectivity index (χ1v) is 9.50. The molecule has 4 aromatic rings. The first-order chi connectivity index (χ1) is 14.3. The van der Waals surface area contributed by atoms with E-state index in [2.05, 4.69) is 82.1 Å². The second-order valence-electron chi connectivity index (χ2n) is 6.89. The first kappa shape index (κ1) is 17.3. The largest absolute Gasteiger partial charge is 0.497 e. The van der Waals surface area contributed by atoms with E-state index in [1.807, 2.05) is 22.9 Å². The molecule has 1 aliphatic heterocycles. The summed E-state index contributed by atoms with van der Waals surface area (Å²) in [5.74, 6) is 1.57. The van der Waals surface area contributed by atoms with Crippen molar-refractivity contribution in [3.05, 3.63) is 102 Å². The van der Waals surface area contributed by atoms with Crippen LogP contribution < -0.4 is 10.1 Å². The molecule has 5 nitrogen and oxygen atoms in total. The molecule has 0 bridgehead atoms. The Kier molecular flexibility index (Phi) is 4.33. The lowest BCUT2D eigenvalue weighted by Gasteiger charge is -2.24. The lowest BCUT2D eigenvalue weighted by atomic mass is 9.99. The molecule has 0 spiro atoms. The molecule has 0 saturated carbocycles. The summed E-state index contributed by atoms with van der Waals surface area (Å²) in [6.45, 7) is 0. The van der Waals surface area contributed by atoms with Gasteiger partial charge in [-0.15, -0.1) is 0 Å². The maximum Gasteiger partial charge on any atom is 0.226 e. The monoisotopic (exact) mass is 380 g/mol. The van der Waals surface area contributed by atoms with E-state index < -0.39 is 0 Å². The van der Waals surface area contributed by atoms with Crippen LogP contribution in [-0.4, -0.2) is 21.9 Å². The van der Waals surface area contributed by atoms with E-state index in [1.54, 1.807) is 13.4 Å². The molecule has 5 rings (SSSR count). The van der Waals surface area contributed by atoms with Gasteiger partial charge in [0.1, 0.15) is 18.1 Å². The number of ether oxygens (including phenoxy) is 1. The third kappa shape index (κ3) is 3.27. The average Bonchev–Trinajstić information content (AvgIpc) is 3.28. The molecule has 1 N–H and O–H groups in total. The van der Waals surface area contributed by atoms with Gasteiger partial charge in [-0.2, -0.15) is 10.1 Å². The number of hydrogen-bond acceptors (Lipinski definition) is 4. The highest BCUT2D eigenvalue weighted by molar-refractivity contribution is 5.78. The highest BCUT2D eigenvalue weighted by Gasteiger charge is 2.23. The Morgan fingerprint density at radius 3 is 2.24 bits per heavy atom. The van der Waals surface area contributed by atoms with Crippen molar-refractivity contribution in [1.29, 1.82) is 0 Å². The summed E-state index contributed by atoms with van der Waals surface area (Å²) in [7, 11) is 1.67. The molecule has 2 heterocycles. The normalized spacial score (nSPS) is 15.2. The van der Waals surface area contributed by atoms with Crippen molar-refractivity contribution >= 4 is 11.6 Å². The van der Waals surface area contributed by atoms with Crippen molar-refractivity contribution in [2.45, 2.75) is 6.04 Å².